The molecule has 1 amide bonds. The first-order valence-electron chi connectivity index (χ1n) is 6.71. The SMILES string of the molecule is O=C(Cc1ccc2c(c1)CCC2)N1CCCC1. The van der Waals surface area contributed by atoms with Gasteiger partial charge in [0.25, 0.3) is 0 Å². The molecular weight excluding hydrogens is 210 g/mol. The van der Waals surface area contributed by atoms with Crippen LogP contribution in [0.25, 0.3) is 0 Å². The van der Waals surface area contributed by atoms with Gasteiger partial charge < -0.3 is 4.90 Å². The number of hydrogen-bond donors (Lipinski definition) is 0. The van der Waals surface area contributed by atoms with Crippen molar-refractivity contribution in [2.24, 2.45) is 0 Å². The van der Waals surface area contributed by atoms with Crippen molar-refractivity contribution in [3.05, 3.63) is 34.9 Å². The van der Waals surface area contributed by atoms with Gasteiger partial charge in [-0.2, -0.15) is 0 Å². The van der Waals surface area contributed by atoms with Crippen LogP contribution in [0.3, 0.4) is 0 Å². The summed E-state index contributed by atoms with van der Waals surface area (Å²) in [6.45, 7) is 1.92. The highest BCUT2D eigenvalue weighted by Crippen LogP contribution is 2.23. The highest BCUT2D eigenvalue weighted by molar-refractivity contribution is 5.79. The molecule has 2 nitrogen and oxygen atoms in total. The van der Waals surface area contributed by atoms with Crippen LogP contribution >= 0.6 is 0 Å². The number of benzene rings is 1. The Morgan fingerprint density at radius 3 is 2.65 bits per heavy atom. The van der Waals surface area contributed by atoms with Crippen LogP contribution in [-0.4, -0.2) is 23.9 Å². The molecule has 0 spiro atoms. The van der Waals surface area contributed by atoms with E-state index in [0.717, 1.165) is 13.1 Å². The zero-order valence-corrected chi connectivity index (χ0v) is 10.2. The summed E-state index contributed by atoms with van der Waals surface area (Å²) in [4.78, 5) is 14.0. The lowest BCUT2D eigenvalue weighted by molar-refractivity contribution is -0.129. The lowest BCUT2D eigenvalue weighted by Crippen LogP contribution is -2.29. The first-order chi connectivity index (χ1) is 8.33. The van der Waals surface area contributed by atoms with Crippen molar-refractivity contribution in [2.45, 2.75) is 38.5 Å². The van der Waals surface area contributed by atoms with Gasteiger partial charge in [-0.05, 0) is 48.8 Å². The second-order valence-electron chi connectivity index (χ2n) is 5.22. The summed E-state index contributed by atoms with van der Waals surface area (Å²) in [6, 6.07) is 6.60. The molecule has 3 rings (SSSR count). The standard InChI is InChI=1S/C15H19NO/c17-15(16-8-1-2-9-16)11-12-6-7-13-4-3-5-14(13)10-12/h6-7,10H,1-5,8-9,11H2. The number of fused-ring (bicyclic) bond motifs is 1. The Hall–Kier alpha value is -1.31. The van der Waals surface area contributed by atoms with Crippen molar-refractivity contribution < 1.29 is 4.79 Å². The molecule has 17 heavy (non-hydrogen) atoms. The van der Waals surface area contributed by atoms with Crippen molar-refractivity contribution >= 4 is 5.91 Å². The summed E-state index contributed by atoms with van der Waals surface area (Å²) < 4.78 is 0. The van der Waals surface area contributed by atoms with E-state index in [9.17, 15) is 4.79 Å². The van der Waals surface area contributed by atoms with Gasteiger partial charge in [0.15, 0.2) is 0 Å². The van der Waals surface area contributed by atoms with E-state index in [-0.39, 0.29) is 0 Å². The zero-order valence-electron chi connectivity index (χ0n) is 10.2. The summed E-state index contributed by atoms with van der Waals surface area (Å²) in [5.74, 6) is 0.306. The molecule has 2 aliphatic rings. The van der Waals surface area contributed by atoms with Gasteiger partial charge in [0.1, 0.15) is 0 Å². The molecule has 1 saturated heterocycles. The fourth-order valence-electron chi connectivity index (χ4n) is 2.99. The van der Waals surface area contributed by atoms with Gasteiger partial charge in [0.05, 0.1) is 6.42 Å². The third-order valence-electron chi connectivity index (χ3n) is 3.98. The van der Waals surface area contributed by atoms with Crippen molar-refractivity contribution in [3.8, 4) is 0 Å². The first-order valence-corrected chi connectivity index (χ1v) is 6.71. The molecule has 0 N–H and O–H groups in total. The molecule has 1 heterocycles. The number of carbonyl (C=O) groups is 1. The Morgan fingerprint density at radius 2 is 1.82 bits per heavy atom. The largest absolute Gasteiger partial charge is 0.342 e. The lowest BCUT2D eigenvalue weighted by Gasteiger charge is -2.15. The van der Waals surface area contributed by atoms with Gasteiger partial charge in [-0.3, -0.25) is 4.79 Å². The van der Waals surface area contributed by atoms with Gasteiger partial charge in [0.2, 0.25) is 5.91 Å². The number of likely N-dealkylation sites (tertiary alicyclic amines) is 1. The molecule has 0 radical (unpaired) electrons. The van der Waals surface area contributed by atoms with Crippen LogP contribution in [0.4, 0.5) is 0 Å². The van der Waals surface area contributed by atoms with Gasteiger partial charge in [-0.1, -0.05) is 18.2 Å². The van der Waals surface area contributed by atoms with E-state index in [1.807, 2.05) is 4.90 Å². The molecule has 1 aromatic carbocycles. The van der Waals surface area contributed by atoms with Crippen LogP contribution < -0.4 is 0 Å². The maximum Gasteiger partial charge on any atom is 0.226 e. The van der Waals surface area contributed by atoms with Gasteiger partial charge in [-0.25, -0.2) is 0 Å². The van der Waals surface area contributed by atoms with E-state index in [1.165, 1.54) is 48.8 Å². The predicted molar refractivity (Wildman–Crippen MR) is 68.0 cm³/mol. The van der Waals surface area contributed by atoms with Gasteiger partial charge in [0, 0.05) is 13.1 Å². The van der Waals surface area contributed by atoms with E-state index >= 15 is 0 Å². The molecule has 1 fully saturated rings. The minimum Gasteiger partial charge on any atom is -0.342 e. The monoisotopic (exact) mass is 229 g/mol. The molecule has 1 aliphatic heterocycles. The number of hydrogen-bond acceptors (Lipinski definition) is 1. The molecule has 90 valence electrons. The topological polar surface area (TPSA) is 20.3 Å². The maximum absolute atomic E-state index is 12.0. The molecule has 0 aromatic heterocycles. The van der Waals surface area contributed by atoms with Crippen molar-refractivity contribution in [1.82, 2.24) is 4.90 Å². The Morgan fingerprint density at radius 1 is 1.06 bits per heavy atom. The van der Waals surface area contributed by atoms with Crippen molar-refractivity contribution in [1.29, 1.82) is 0 Å². The van der Waals surface area contributed by atoms with E-state index in [4.69, 9.17) is 0 Å². The molecule has 0 unspecified atom stereocenters. The fourth-order valence-corrected chi connectivity index (χ4v) is 2.99. The first kappa shape index (κ1) is 10.8. The number of aryl methyl sites for hydroxylation is 2. The van der Waals surface area contributed by atoms with Crippen molar-refractivity contribution in [3.63, 3.8) is 0 Å². The molecule has 0 saturated carbocycles. The number of amides is 1. The minimum atomic E-state index is 0.306. The van der Waals surface area contributed by atoms with Crippen LogP contribution in [0.5, 0.6) is 0 Å². The zero-order chi connectivity index (χ0) is 11.7. The number of rotatable bonds is 2. The number of nitrogens with zero attached hydrogens (tertiary/aromatic N) is 1. The highest BCUT2D eigenvalue weighted by Gasteiger charge is 2.18. The van der Waals surface area contributed by atoms with Crippen LogP contribution in [0.1, 0.15) is 36.0 Å². The maximum atomic E-state index is 12.0. The molecular formula is C15H19NO. The summed E-state index contributed by atoms with van der Waals surface area (Å²) >= 11 is 0. The summed E-state index contributed by atoms with van der Waals surface area (Å²) in [7, 11) is 0. The molecule has 1 aliphatic carbocycles. The molecule has 1 aromatic rings. The van der Waals surface area contributed by atoms with Crippen LogP contribution in [0.2, 0.25) is 0 Å². The quantitative estimate of drug-likeness (QED) is 0.762. The van der Waals surface area contributed by atoms with Gasteiger partial charge in [-0.15, -0.1) is 0 Å². The third kappa shape index (κ3) is 2.21. The predicted octanol–water partition coefficient (Wildman–Crippen LogP) is 2.34. The molecule has 2 heteroatoms. The van der Waals surface area contributed by atoms with Crippen LogP contribution in [0.15, 0.2) is 18.2 Å². The summed E-state index contributed by atoms with van der Waals surface area (Å²) in [6.07, 6.45) is 6.63. The van der Waals surface area contributed by atoms with Gasteiger partial charge >= 0.3 is 0 Å². The minimum absolute atomic E-state index is 0.306. The Labute approximate surface area is 103 Å². The lowest BCUT2D eigenvalue weighted by atomic mass is 10.0. The van der Waals surface area contributed by atoms with E-state index in [2.05, 4.69) is 18.2 Å². The normalized spacial score (nSPS) is 18.5. The molecule has 0 bridgehead atoms. The molecule has 0 atom stereocenters. The Bertz CT molecular complexity index is 433. The Balaban J connectivity index is 1.70. The van der Waals surface area contributed by atoms with Crippen LogP contribution in [-0.2, 0) is 24.1 Å². The third-order valence-corrected chi connectivity index (χ3v) is 3.98. The highest BCUT2D eigenvalue weighted by atomic mass is 16.2. The average molecular weight is 229 g/mol. The Kier molecular flexibility index (Phi) is 2.87. The summed E-state index contributed by atoms with van der Waals surface area (Å²) in [5, 5.41) is 0. The average Bonchev–Trinajstić information content (AvgIpc) is 2.99. The number of carbonyl (C=O) groups excluding carboxylic acids is 1. The smallest absolute Gasteiger partial charge is 0.226 e. The second kappa shape index (κ2) is 4.52. The van der Waals surface area contributed by atoms with E-state index < -0.39 is 0 Å². The second-order valence-corrected chi connectivity index (χ2v) is 5.22. The summed E-state index contributed by atoms with van der Waals surface area (Å²) in [5.41, 5.74) is 4.15. The van der Waals surface area contributed by atoms with E-state index in [0.29, 0.717) is 12.3 Å². The van der Waals surface area contributed by atoms with Crippen molar-refractivity contribution in [2.75, 3.05) is 13.1 Å². The van der Waals surface area contributed by atoms with E-state index in [1.54, 1.807) is 0 Å². The fraction of sp³-hybridized carbons (Fsp3) is 0.533. The van der Waals surface area contributed by atoms with Crippen LogP contribution in [0, 0.1) is 0 Å².